The van der Waals surface area contributed by atoms with Crippen molar-refractivity contribution in [1.82, 2.24) is 0 Å². The van der Waals surface area contributed by atoms with Gasteiger partial charge in [-0.3, -0.25) is 14.4 Å². The highest BCUT2D eigenvalue weighted by atomic mass is 16.4. The molecule has 25 heavy (non-hydrogen) atoms. The van der Waals surface area contributed by atoms with E-state index in [4.69, 9.17) is 0 Å². The number of ketones is 3. The van der Waals surface area contributed by atoms with Crippen molar-refractivity contribution in [2.24, 2.45) is 29.6 Å². The van der Waals surface area contributed by atoms with Gasteiger partial charge < -0.3 is 10.2 Å². The summed E-state index contributed by atoms with van der Waals surface area (Å²) in [6.07, 6.45) is -0.0296. The highest BCUT2D eigenvalue weighted by Gasteiger charge is 2.64. The van der Waals surface area contributed by atoms with Crippen LogP contribution in [-0.4, -0.2) is 39.3 Å². The van der Waals surface area contributed by atoms with E-state index in [1.165, 1.54) is 0 Å². The predicted octanol–water partition coefficient (Wildman–Crippen LogP) is 2.56. The first-order valence-corrected chi connectivity index (χ1v) is 9.45. The van der Waals surface area contributed by atoms with Gasteiger partial charge in [0.05, 0.1) is 5.92 Å². The lowest BCUT2D eigenvalue weighted by molar-refractivity contribution is -0.157. The molecule has 0 bridgehead atoms. The normalized spacial score (nSPS) is 29.9. The molecule has 1 fully saturated rings. The maximum Gasteiger partial charge on any atom is 0.167 e. The number of hydrogen-bond donors (Lipinski definition) is 2. The van der Waals surface area contributed by atoms with E-state index in [-0.39, 0.29) is 12.3 Å². The lowest BCUT2D eigenvalue weighted by atomic mass is 9.79. The summed E-state index contributed by atoms with van der Waals surface area (Å²) in [6, 6.07) is 0. The standard InChI is InChI=1S/C20H34O5/c1-11(2)7-9-14-18(23)16(17(22)13(5)6)19(24)20(14,25)15(21)10-8-12(3)4/h11-14,16,19,24-25H,7-10H2,1-6H3/t14?,16?,19?,20-/m1/s1. The Labute approximate surface area is 151 Å². The second-order valence-electron chi connectivity index (χ2n) is 8.59. The molecule has 1 aliphatic rings. The Bertz CT molecular complexity index is 508. The zero-order valence-corrected chi connectivity index (χ0v) is 16.4. The van der Waals surface area contributed by atoms with E-state index in [9.17, 15) is 24.6 Å². The van der Waals surface area contributed by atoms with Crippen molar-refractivity contribution in [1.29, 1.82) is 0 Å². The van der Waals surface area contributed by atoms with E-state index in [1.807, 2.05) is 27.7 Å². The van der Waals surface area contributed by atoms with Crippen LogP contribution in [0.4, 0.5) is 0 Å². The third-order valence-corrected chi connectivity index (χ3v) is 5.25. The van der Waals surface area contributed by atoms with Crippen LogP contribution in [0.2, 0.25) is 0 Å². The van der Waals surface area contributed by atoms with Gasteiger partial charge in [-0.1, -0.05) is 48.0 Å². The van der Waals surface area contributed by atoms with Crippen LogP contribution in [0.15, 0.2) is 0 Å². The number of carbonyl (C=O) groups excluding carboxylic acids is 3. The number of carbonyl (C=O) groups is 3. The fourth-order valence-electron chi connectivity index (χ4n) is 3.55. The summed E-state index contributed by atoms with van der Waals surface area (Å²) in [5, 5.41) is 21.8. The molecule has 5 heteroatoms. The summed E-state index contributed by atoms with van der Waals surface area (Å²) in [5.74, 6) is -3.59. The molecule has 0 aliphatic heterocycles. The van der Waals surface area contributed by atoms with Gasteiger partial charge in [0.15, 0.2) is 17.2 Å². The third-order valence-electron chi connectivity index (χ3n) is 5.25. The SMILES string of the molecule is CC(C)CCC(=O)[C@]1(O)C(CCC(C)C)C(=O)C(C(=O)C(C)C)C1O. The highest BCUT2D eigenvalue weighted by Crippen LogP contribution is 2.43. The minimum Gasteiger partial charge on any atom is -0.388 e. The lowest BCUT2D eigenvalue weighted by Crippen LogP contribution is -2.52. The van der Waals surface area contributed by atoms with E-state index < -0.39 is 46.8 Å². The highest BCUT2D eigenvalue weighted by molar-refractivity contribution is 6.11. The maximum absolute atomic E-state index is 12.8. The van der Waals surface area contributed by atoms with Crippen molar-refractivity contribution in [2.75, 3.05) is 0 Å². The molecule has 1 saturated carbocycles. The van der Waals surface area contributed by atoms with Gasteiger partial charge in [0.1, 0.15) is 17.8 Å². The van der Waals surface area contributed by atoms with Crippen LogP contribution >= 0.6 is 0 Å². The molecule has 5 nitrogen and oxygen atoms in total. The molecule has 144 valence electrons. The molecule has 0 saturated heterocycles. The molecule has 0 amide bonds. The van der Waals surface area contributed by atoms with Gasteiger partial charge in [-0.2, -0.15) is 0 Å². The molecule has 0 aromatic carbocycles. The van der Waals surface area contributed by atoms with Crippen LogP contribution in [0.1, 0.15) is 67.2 Å². The van der Waals surface area contributed by atoms with Crippen molar-refractivity contribution in [3.05, 3.63) is 0 Å². The van der Waals surface area contributed by atoms with Gasteiger partial charge in [-0.25, -0.2) is 0 Å². The third kappa shape index (κ3) is 4.56. The molecule has 0 aromatic rings. The number of aliphatic hydroxyl groups excluding tert-OH is 1. The van der Waals surface area contributed by atoms with Crippen LogP contribution in [0.3, 0.4) is 0 Å². The Kier molecular flexibility index (Phi) is 7.51. The van der Waals surface area contributed by atoms with Crippen LogP contribution in [0, 0.1) is 29.6 Å². The largest absolute Gasteiger partial charge is 0.388 e. The van der Waals surface area contributed by atoms with Crippen LogP contribution < -0.4 is 0 Å². The molecule has 4 atom stereocenters. The topological polar surface area (TPSA) is 91.7 Å². The average Bonchev–Trinajstić information content (AvgIpc) is 2.69. The number of hydrogen-bond acceptors (Lipinski definition) is 5. The first kappa shape index (κ1) is 22.0. The van der Waals surface area contributed by atoms with Gasteiger partial charge in [0, 0.05) is 12.3 Å². The predicted molar refractivity (Wildman–Crippen MR) is 95.9 cm³/mol. The fraction of sp³-hybridized carbons (Fsp3) is 0.850. The monoisotopic (exact) mass is 354 g/mol. The second kappa shape index (κ2) is 8.54. The molecule has 3 unspecified atom stereocenters. The molecule has 0 spiro atoms. The summed E-state index contributed by atoms with van der Waals surface area (Å²) < 4.78 is 0. The van der Waals surface area contributed by atoms with Crippen molar-refractivity contribution in [2.45, 2.75) is 78.9 Å². The number of rotatable bonds is 9. The Balaban J connectivity index is 3.20. The molecule has 0 heterocycles. The first-order valence-electron chi connectivity index (χ1n) is 9.45. The van der Waals surface area contributed by atoms with Crippen molar-refractivity contribution < 1.29 is 24.6 Å². The number of Topliss-reactive ketones (excluding diaryl/α,β-unsaturated/α-hetero) is 3. The van der Waals surface area contributed by atoms with E-state index >= 15 is 0 Å². The molecular formula is C20H34O5. The Morgan fingerprint density at radius 1 is 1.04 bits per heavy atom. The van der Waals surface area contributed by atoms with Crippen molar-refractivity contribution in [3.8, 4) is 0 Å². The molecule has 0 aromatic heterocycles. The summed E-state index contributed by atoms with van der Waals surface area (Å²) in [7, 11) is 0. The van der Waals surface area contributed by atoms with E-state index in [0.717, 1.165) is 0 Å². The molecule has 2 N–H and O–H groups in total. The summed E-state index contributed by atoms with van der Waals surface area (Å²) in [5.41, 5.74) is -2.14. The molecular weight excluding hydrogens is 320 g/mol. The van der Waals surface area contributed by atoms with Crippen LogP contribution in [-0.2, 0) is 14.4 Å². The minimum atomic E-state index is -2.14. The summed E-state index contributed by atoms with van der Waals surface area (Å²) >= 11 is 0. The zero-order valence-electron chi connectivity index (χ0n) is 16.4. The van der Waals surface area contributed by atoms with Crippen LogP contribution in [0.5, 0.6) is 0 Å². The Hall–Kier alpha value is -1.07. The number of aliphatic hydroxyl groups is 2. The van der Waals surface area contributed by atoms with Gasteiger partial charge in [-0.15, -0.1) is 0 Å². The lowest BCUT2D eigenvalue weighted by Gasteiger charge is -2.31. The Morgan fingerprint density at radius 3 is 2.00 bits per heavy atom. The van der Waals surface area contributed by atoms with Gasteiger partial charge in [0.25, 0.3) is 0 Å². The van der Waals surface area contributed by atoms with Crippen LogP contribution in [0.25, 0.3) is 0 Å². The molecule has 1 rings (SSSR count). The van der Waals surface area contributed by atoms with E-state index in [0.29, 0.717) is 25.2 Å². The quantitative estimate of drug-likeness (QED) is 0.621. The summed E-state index contributed by atoms with van der Waals surface area (Å²) in [6.45, 7) is 11.2. The zero-order chi connectivity index (χ0) is 19.5. The summed E-state index contributed by atoms with van der Waals surface area (Å²) in [4.78, 5) is 38.0. The van der Waals surface area contributed by atoms with Gasteiger partial charge >= 0.3 is 0 Å². The van der Waals surface area contributed by atoms with E-state index in [2.05, 4.69) is 0 Å². The van der Waals surface area contributed by atoms with Gasteiger partial charge in [0.2, 0.25) is 0 Å². The van der Waals surface area contributed by atoms with Crippen molar-refractivity contribution in [3.63, 3.8) is 0 Å². The maximum atomic E-state index is 12.8. The smallest absolute Gasteiger partial charge is 0.167 e. The van der Waals surface area contributed by atoms with Gasteiger partial charge in [-0.05, 0) is 24.7 Å². The molecule has 1 aliphatic carbocycles. The Morgan fingerprint density at radius 2 is 1.56 bits per heavy atom. The second-order valence-corrected chi connectivity index (χ2v) is 8.59. The van der Waals surface area contributed by atoms with E-state index in [1.54, 1.807) is 13.8 Å². The first-order chi connectivity index (χ1) is 11.4. The fourth-order valence-corrected chi connectivity index (χ4v) is 3.55. The minimum absolute atomic E-state index is 0.0965. The molecule has 0 radical (unpaired) electrons. The average molecular weight is 354 g/mol. The van der Waals surface area contributed by atoms with Crippen molar-refractivity contribution >= 4 is 17.3 Å².